The van der Waals surface area contributed by atoms with Crippen LogP contribution in [0.4, 0.5) is 0 Å². The van der Waals surface area contributed by atoms with Crippen molar-refractivity contribution in [2.24, 2.45) is 11.8 Å². The van der Waals surface area contributed by atoms with Crippen LogP contribution in [0, 0.1) is 11.8 Å². The summed E-state index contributed by atoms with van der Waals surface area (Å²) in [6, 6.07) is 20.7. The zero-order valence-corrected chi connectivity index (χ0v) is 20.6. The van der Waals surface area contributed by atoms with Crippen molar-refractivity contribution in [1.29, 1.82) is 0 Å². The summed E-state index contributed by atoms with van der Waals surface area (Å²) in [4.78, 5) is 13.3. The third-order valence-corrected chi connectivity index (χ3v) is 11.0. The van der Waals surface area contributed by atoms with Gasteiger partial charge in [-0.1, -0.05) is 102 Å². The van der Waals surface area contributed by atoms with Crippen LogP contribution in [0.5, 0.6) is 0 Å². The van der Waals surface area contributed by atoms with Gasteiger partial charge in [0.25, 0.3) is 8.32 Å². The van der Waals surface area contributed by atoms with Crippen LogP contribution in [0.1, 0.15) is 54.9 Å². The minimum atomic E-state index is -2.79. The Morgan fingerprint density at radius 2 is 1.33 bits per heavy atom. The number of Topliss-reactive ketones (excluding diaryl/α,β-unsaturated/α-hetero) is 1. The van der Waals surface area contributed by atoms with E-state index in [2.05, 4.69) is 58.9 Å². The molecule has 0 spiro atoms. The molecule has 2 aromatic carbocycles. The molecule has 0 unspecified atom stereocenters. The van der Waals surface area contributed by atoms with Gasteiger partial charge in [0.1, 0.15) is 6.10 Å². The molecule has 0 aliphatic heterocycles. The zero-order chi connectivity index (χ0) is 22.5. The first-order chi connectivity index (χ1) is 14.0. The summed E-state index contributed by atoms with van der Waals surface area (Å²) in [5.74, 6) is -0.153. The van der Waals surface area contributed by atoms with E-state index in [9.17, 15) is 9.90 Å². The van der Waals surface area contributed by atoms with E-state index in [-0.39, 0.29) is 10.8 Å². The molecule has 30 heavy (non-hydrogen) atoms. The van der Waals surface area contributed by atoms with Crippen molar-refractivity contribution < 1.29 is 14.3 Å². The molecule has 0 saturated heterocycles. The molecule has 4 heteroatoms. The normalized spacial score (nSPS) is 15.6. The lowest BCUT2D eigenvalue weighted by Crippen LogP contribution is -2.68. The Morgan fingerprint density at radius 3 is 1.70 bits per heavy atom. The fourth-order valence-electron chi connectivity index (χ4n) is 4.26. The number of carbonyl (C=O) groups excluding carboxylic acids is 1. The lowest BCUT2D eigenvalue weighted by atomic mass is 9.91. The summed E-state index contributed by atoms with van der Waals surface area (Å²) >= 11 is 0. The number of benzene rings is 2. The van der Waals surface area contributed by atoms with Gasteiger partial charge in [0.05, 0.1) is 6.10 Å². The van der Waals surface area contributed by atoms with Crippen molar-refractivity contribution in [1.82, 2.24) is 0 Å². The first-order valence-electron chi connectivity index (χ1n) is 11.0. The topological polar surface area (TPSA) is 46.5 Å². The number of carbonyl (C=O) groups is 1. The third kappa shape index (κ3) is 5.29. The van der Waals surface area contributed by atoms with Crippen molar-refractivity contribution in [3.63, 3.8) is 0 Å². The van der Waals surface area contributed by atoms with Crippen molar-refractivity contribution in [3.8, 4) is 0 Å². The number of rotatable bonds is 9. The summed E-state index contributed by atoms with van der Waals surface area (Å²) in [6.07, 6.45) is -0.644. The molecular formula is C26H38O3Si. The van der Waals surface area contributed by atoms with Crippen molar-refractivity contribution in [3.05, 3.63) is 60.7 Å². The summed E-state index contributed by atoms with van der Waals surface area (Å²) in [6.45, 7) is 14.4. The summed E-state index contributed by atoms with van der Waals surface area (Å²) in [5, 5.41) is 12.6. The molecule has 0 amide bonds. The van der Waals surface area contributed by atoms with Gasteiger partial charge in [-0.3, -0.25) is 4.79 Å². The summed E-state index contributed by atoms with van der Waals surface area (Å²) < 4.78 is 6.89. The van der Waals surface area contributed by atoms with E-state index in [4.69, 9.17) is 4.43 Å². The average molecular weight is 427 g/mol. The van der Waals surface area contributed by atoms with E-state index in [1.165, 1.54) is 0 Å². The lowest BCUT2D eigenvalue weighted by molar-refractivity contribution is -0.132. The molecule has 0 bridgehead atoms. The van der Waals surface area contributed by atoms with Crippen LogP contribution in [0.15, 0.2) is 60.7 Å². The smallest absolute Gasteiger partial charge is 0.262 e. The number of aliphatic hydroxyl groups is 1. The Bertz CT molecular complexity index is 757. The highest BCUT2D eigenvalue weighted by Gasteiger charge is 2.52. The second-order valence-corrected chi connectivity index (χ2v) is 14.1. The Kier molecular flexibility index (Phi) is 8.20. The number of ketones is 1. The molecule has 0 aliphatic carbocycles. The van der Waals surface area contributed by atoms with Gasteiger partial charge in [0.2, 0.25) is 0 Å². The highest BCUT2D eigenvalue weighted by molar-refractivity contribution is 6.99. The standard InChI is InChI=1S/C26H38O3Si/c1-19(2)18-24(27)20(3)25(28)21(4)29-30(26(5,6)7,22-14-10-8-11-15-22)23-16-12-9-13-17-23/h8-17,19-21,24,27H,18H2,1-7H3/t20-,21-,24-/m0/s1. The van der Waals surface area contributed by atoms with Crippen molar-refractivity contribution in [2.45, 2.75) is 72.1 Å². The van der Waals surface area contributed by atoms with E-state index < -0.39 is 26.4 Å². The average Bonchev–Trinajstić information content (AvgIpc) is 2.70. The summed E-state index contributed by atoms with van der Waals surface area (Å²) in [7, 11) is -2.79. The van der Waals surface area contributed by atoms with Gasteiger partial charge in [-0.15, -0.1) is 0 Å². The van der Waals surface area contributed by atoms with Crippen molar-refractivity contribution in [2.75, 3.05) is 0 Å². The lowest BCUT2D eigenvalue weighted by Gasteiger charge is -2.44. The Balaban J connectivity index is 2.49. The van der Waals surface area contributed by atoms with E-state index >= 15 is 0 Å². The van der Waals surface area contributed by atoms with Gasteiger partial charge in [-0.25, -0.2) is 0 Å². The Morgan fingerprint density at radius 1 is 0.900 bits per heavy atom. The van der Waals surface area contributed by atoms with Crippen LogP contribution in [0.3, 0.4) is 0 Å². The summed E-state index contributed by atoms with van der Waals surface area (Å²) in [5.41, 5.74) is 0. The van der Waals surface area contributed by atoms with E-state index in [1.807, 2.05) is 50.2 Å². The Hall–Kier alpha value is -1.75. The van der Waals surface area contributed by atoms with Gasteiger partial charge in [-0.2, -0.15) is 0 Å². The largest absolute Gasteiger partial charge is 0.398 e. The number of hydrogen-bond acceptors (Lipinski definition) is 3. The molecular weight excluding hydrogens is 388 g/mol. The van der Waals surface area contributed by atoms with Crippen LogP contribution < -0.4 is 10.4 Å². The number of aliphatic hydroxyl groups excluding tert-OH is 1. The molecule has 0 radical (unpaired) electrons. The van der Waals surface area contributed by atoms with Crippen LogP contribution in [-0.2, 0) is 9.22 Å². The van der Waals surface area contributed by atoms with Gasteiger partial charge < -0.3 is 9.53 Å². The molecule has 2 aromatic rings. The molecule has 0 aliphatic rings. The monoisotopic (exact) mass is 426 g/mol. The molecule has 0 heterocycles. The van der Waals surface area contributed by atoms with Gasteiger partial charge >= 0.3 is 0 Å². The minimum absolute atomic E-state index is 0.0314. The maximum Gasteiger partial charge on any atom is 0.262 e. The highest BCUT2D eigenvalue weighted by atomic mass is 28.4. The maximum atomic E-state index is 13.3. The van der Waals surface area contributed by atoms with Crippen LogP contribution in [0.2, 0.25) is 5.04 Å². The predicted octanol–water partition coefficient (Wildman–Crippen LogP) is 4.56. The molecule has 1 N–H and O–H groups in total. The second-order valence-electron chi connectivity index (χ2n) is 9.81. The molecule has 3 nitrogen and oxygen atoms in total. The first kappa shape index (κ1) is 24.5. The number of hydrogen-bond donors (Lipinski definition) is 1. The SMILES string of the molecule is CC(C)C[C@H](O)[C@H](C)C(=O)[C@H](C)O[Si](c1ccccc1)(c1ccccc1)C(C)(C)C. The minimum Gasteiger partial charge on any atom is -0.398 e. The Labute approximate surface area is 183 Å². The fourth-order valence-corrected chi connectivity index (χ4v) is 8.92. The van der Waals surface area contributed by atoms with E-state index in [1.54, 1.807) is 0 Å². The molecule has 0 aromatic heterocycles. The fraction of sp³-hybridized carbons (Fsp3) is 0.500. The van der Waals surface area contributed by atoms with Crippen LogP contribution in [0.25, 0.3) is 0 Å². The van der Waals surface area contributed by atoms with Crippen LogP contribution in [-0.4, -0.2) is 31.4 Å². The van der Waals surface area contributed by atoms with E-state index in [0.29, 0.717) is 12.3 Å². The van der Waals surface area contributed by atoms with Gasteiger partial charge in [0.15, 0.2) is 5.78 Å². The molecule has 0 saturated carbocycles. The van der Waals surface area contributed by atoms with Crippen molar-refractivity contribution >= 4 is 24.5 Å². The van der Waals surface area contributed by atoms with Gasteiger partial charge in [0, 0.05) is 5.92 Å². The third-order valence-electron chi connectivity index (χ3n) is 5.91. The highest BCUT2D eigenvalue weighted by Crippen LogP contribution is 2.37. The molecule has 2 rings (SSSR count). The molecule has 0 fully saturated rings. The zero-order valence-electron chi connectivity index (χ0n) is 19.6. The van der Waals surface area contributed by atoms with Gasteiger partial charge in [-0.05, 0) is 34.7 Å². The predicted molar refractivity (Wildman–Crippen MR) is 128 cm³/mol. The maximum absolute atomic E-state index is 13.3. The van der Waals surface area contributed by atoms with E-state index in [0.717, 1.165) is 10.4 Å². The molecule has 164 valence electrons. The quantitative estimate of drug-likeness (QED) is 0.598. The second kappa shape index (κ2) is 10.0. The van der Waals surface area contributed by atoms with Crippen LogP contribution >= 0.6 is 0 Å². The molecule has 3 atom stereocenters. The first-order valence-corrected chi connectivity index (χ1v) is 12.9.